The summed E-state index contributed by atoms with van der Waals surface area (Å²) in [5.74, 6) is 0.828. The third-order valence-corrected chi connectivity index (χ3v) is 4.02. The molecule has 1 aliphatic carbocycles. The van der Waals surface area contributed by atoms with Gasteiger partial charge in [0.2, 0.25) is 10.0 Å². The fraction of sp³-hybridized carbons (Fsp3) is 1.00. The predicted octanol–water partition coefficient (Wildman–Crippen LogP) is 0.477. The third kappa shape index (κ3) is 4.39. The Morgan fingerprint density at radius 1 is 1.50 bits per heavy atom. The van der Waals surface area contributed by atoms with Gasteiger partial charge in [0.25, 0.3) is 0 Å². The first-order chi connectivity index (χ1) is 6.57. The largest absolute Gasteiger partial charge is 0.395 e. The Morgan fingerprint density at radius 2 is 2.14 bits per heavy atom. The van der Waals surface area contributed by atoms with Crippen LogP contribution in [-0.2, 0) is 10.0 Å². The molecule has 0 saturated heterocycles. The van der Waals surface area contributed by atoms with Crippen LogP contribution in [0.25, 0.3) is 0 Å². The summed E-state index contributed by atoms with van der Waals surface area (Å²) < 4.78 is 25.4. The quantitative estimate of drug-likeness (QED) is 0.657. The zero-order valence-electron chi connectivity index (χ0n) is 8.57. The van der Waals surface area contributed by atoms with Gasteiger partial charge in [0, 0.05) is 6.04 Å². The number of sulfonamides is 1. The van der Waals surface area contributed by atoms with Crippen LogP contribution in [0.4, 0.5) is 0 Å². The van der Waals surface area contributed by atoms with Crippen molar-refractivity contribution in [2.24, 2.45) is 5.92 Å². The van der Waals surface area contributed by atoms with Crippen molar-refractivity contribution in [3.05, 3.63) is 0 Å². The van der Waals surface area contributed by atoms with Crippen LogP contribution in [0.3, 0.4) is 0 Å². The SMILES string of the molecule is CCC(CO)NS(=O)(=O)CCC1CC1. The minimum atomic E-state index is -3.17. The first-order valence-electron chi connectivity index (χ1n) is 5.18. The monoisotopic (exact) mass is 221 g/mol. The smallest absolute Gasteiger partial charge is 0.211 e. The second-order valence-corrected chi connectivity index (χ2v) is 5.83. The van der Waals surface area contributed by atoms with Crippen LogP contribution < -0.4 is 4.72 Å². The molecule has 1 rings (SSSR count). The fourth-order valence-corrected chi connectivity index (χ4v) is 2.80. The minimum absolute atomic E-state index is 0.126. The lowest BCUT2D eigenvalue weighted by Gasteiger charge is -2.13. The lowest BCUT2D eigenvalue weighted by Crippen LogP contribution is -2.38. The van der Waals surface area contributed by atoms with Crippen molar-refractivity contribution in [3.8, 4) is 0 Å². The van der Waals surface area contributed by atoms with Crippen LogP contribution in [0, 0.1) is 5.92 Å². The molecule has 2 N–H and O–H groups in total. The average molecular weight is 221 g/mol. The Bertz CT molecular complexity index is 255. The molecule has 0 bridgehead atoms. The third-order valence-electron chi connectivity index (χ3n) is 2.55. The van der Waals surface area contributed by atoms with Gasteiger partial charge >= 0.3 is 0 Å². The molecule has 14 heavy (non-hydrogen) atoms. The molecule has 0 aromatic heterocycles. The highest BCUT2D eigenvalue weighted by molar-refractivity contribution is 7.89. The van der Waals surface area contributed by atoms with Crippen LogP contribution in [0.1, 0.15) is 32.6 Å². The molecule has 0 heterocycles. The van der Waals surface area contributed by atoms with Gasteiger partial charge in [0.15, 0.2) is 0 Å². The molecule has 0 radical (unpaired) electrons. The summed E-state index contributed by atoms with van der Waals surface area (Å²) in [6.45, 7) is 1.73. The number of hydrogen-bond acceptors (Lipinski definition) is 3. The Labute approximate surface area is 85.8 Å². The van der Waals surface area contributed by atoms with E-state index in [9.17, 15) is 8.42 Å². The van der Waals surface area contributed by atoms with Crippen molar-refractivity contribution in [1.29, 1.82) is 0 Å². The van der Waals surface area contributed by atoms with Crippen molar-refractivity contribution in [2.75, 3.05) is 12.4 Å². The Kier molecular flexibility index (Phi) is 4.34. The van der Waals surface area contributed by atoms with E-state index in [4.69, 9.17) is 5.11 Å². The van der Waals surface area contributed by atoms with E-state index in [1.807, 2.05) is 6.92 Å². The molecule has 0 amide bonds. The summed E-state index contributed by atoms with van der Waals surface area (Å²) in [4.78, 5) is 0. The number of rotatable bonds is 7. The molecule has 0 aromatic carbocycles. The highest BCUT2D eigenvalue weighted by Gasteiger charge is 2.24. The Morgan fingerprint density at radius 3 is 2.57 bits per heavy atom. The maximum Gasteiger partial charge on any atom is 0.211 e. The van der Waals surface area contributed by atoms with Gasteiger partial charge in [-0.25, -0.2) is 13.1 Å². The van der Waals surface area contributed by atoms with Gasteiger partial charge in [0.1, 0.15) is 0 Å². The number of aliphatic hydroxyl groups is 1. The molecule has 84 valence electrons. The standard InChI is InChI=1S/C9H19NO3S/c1-2-9(7-11)10-14(12,13)6-5-8-3-4-8/h8-11H,2-7H2,1H3. The van der Waals surface area contributed by atoms with Gasteiger partial charge < -0.3 is 5.11 Å². The van der Waals surface area contributed by atoms with E-state index >= 15 is 0 Å². The maximum absolute atomic E-state index is 11.5. The van der Waals surface area contributed by atoms with Crippen molar-refractivity contribution < 1.29 is 13.5 Å². The molecule has 0 aromatic rings. The highest BCUT2D eigenvalue weighted by atomic mass is 32.2. The summed E-state index contributed by atoms with van der Waals surface area (Å²) in [7, 11) is -3.17. The first-order valence-corrected chi connectivity index (χ1v) is 6.83. The zero-order valence-corrected chi connectivity index (χ0v) is 9.39. The topological polar surface area (TPSA) is 66.4 Å². The molecular formula is C9H19NO3S. The predicted molar refractivity (Wildman–Crippen MR) is 55.4 cm³/mol. The van der Waals surface area contributed by atoms with Crippen LogP contribution in [0.15, 0.2) is 0 Å². The van der Waals surface area contributed by atoms with Crippen molar-refractivity contribution in [1.82, 2.24) is 4.72 Å². The van der Waals surface area contributed by atoms with Crippen LogP contribution in [-0.4, -0.2) is 31.9 Å². The molecular weight excluding hydrogens is 202 g/mol. The van der Waals surface area contributed by atoms with Gasteiger partial charge in [-0.1, -0.05) is 19.8 Å². The minimum Gasteiger partial charge on any atom is -0.395 e. The normalized spacial score (nSPS) is 19.6. The molecule has 5 heteroatoms. The second-order valence-electron chi connectivity index (χ2n) is 3.96. The van der Waals surface area contributed by atoms with Gasteiger partial charge in [-0.05, 0) is 18.8 Å². The van der Waals surface area contributed by atoms with Crippen LogP contribution in [0.5, 0.6) is 0 Å². The molecule has 4 nitrogen and oxygen atoms in total. The van der Waals surface area contributed by atoms with Gasteiger partial charge in [-0.2, -0.15) is 0 Å². The molecule has 1 unspecified atom stereocenters. The summed E-state index contributed by atoms with van der Waals surface area (Å²) in [6.07, 6.45) is 3.73. The summed E-state index contributed by atoms with van der Waals surface area (Å²) in [6, 6.07) is -0.320. The molecule has 1 fully saturated rings. The van der Waals surface area contributed by atoms with Gasteiger partial charge in [-0.3, -0.25) is 0 Å². The van der Waals surface area contributed by atoms with E-state index in [1.54, 1.807) is 0 Å². The molecule has 0 spiro atoms. The average Bonchev–Trinajstić information content (AvgIpc) is 2.95. The molecule has 0 aliphatic heterocycles. The Hall–Kier alpha value is -0.130. The lowest BCUT2D eigenvalue weighted by molar-refractivity contribution is 0.254. The van der Waals surface area contributed by atoms with Gasteiger partial charge in [-0.15, -0.1) is 0 Å². The second kappa shape index (κ2) is 5.09. The maximum atomic E-state index is 11.5. The lowest BCUT2D eigenvalue weighted by atomic mass is 10.3. The van der Waals surface area contributed by atoms with Crippen molar-refractivity contribution >= 4 is 10.0 Å². The van der Waals surface area contributed by atoms with Crippen molar-refractivity contribution in [2.45, 2.75) is 38.6 Å². The Balaban J connectivity index is 2.30. The van der Waals surface area contributed by atoms with E-state index in [-0.39, 0.29) is 18.4 Å². The zero-order chi connectivity index (χ0) is 10.6. The van der Waals surface area contributed by atoms with Crippen molar-refractivity contribution in [3.63, 3.8) is 0 Å². The fourth-order valence-electron chi connectivity index (χ4n) is 1.29. The van der Waals surface area contributed by atoms with E-state index in [2.05, 4.69) is 4.72 Å². The first kappa shape index (κ1) is 11.9. The van der Waals surface area contributed by atoms with Crippen LogP contribution >= 0.6 is 0 Å². The van der Waals surface area contributed by atoms with Gasteiger partial charge in [0.05, 0.1) is 12.4 Å². The van der Waals surface area contributed by atoms with Crippen LogP contribution in [0.2, 0.25) is 0 Å². The number of hydrogen-bond donors (Lipinski definition) is 2. The number of nitrogens with one attached hydrogen (secondary N) is 1. The number of aliphatic hydroxyl groups excluding tert-OH is 1. The van der Waals surface area contributed by atoms with E-state index in [0.29, 0.717) is 12.3 Å². The summed E-state index contributed by atoms with van der Waals surface area (Å²) in [5, 5.41) is 8.85. The van der Waals surface area contributed by atoms with E-state index in [0.717, 1.165) is 6.42 Å². The van der Waals surface area contributed by atoms with E-state index in [1.165, 1.54) is 12.8 Å². The molecule has 1 aliphatic rings. The summed E-state index contributed by atoms with van der Waals surface area (Å²) >= 11 is 0. The molecule has 1 saturated carbocycles. The molecule has 1 atom stereocenters. The van der Waals surface area contributed by atoms with E-state index < -0.39 is 10.0 Å². The summed E-state index contributed by atoms with van der Waals surface area (Å²) in [5.41, 5.74) is 0. The highest BCUT2D eigenvalue weighted by Crippen LogP contribution is 2.32.